The normalized spacial score (nSPS) is 16.8. The SMILES string of the molecule is CN=C(NCc1csc(-c2ccccc2)n1)N1CCC(C)(C)C1.I. The second-order valence-corrected chi connectivity index (χ2v) is 7.60. The van der Waals surface area contributed by atoms with Crippen LogP contribution in [0.3, 0.4) is 0 Å². The molecule has 1 fully saturated rings. The highest BCUT2D eigenvalue weighted by atomic mass is 127. The Balaban J connectivity index is 0.00000208. The van der Waals surface area contributed by atoms with Crippen LogP contribution < -0.4 is 5.32 Å². The largest absolute Gasteiger partial charge is 0.351 e. The fourth-order valence-electron chi connectivity index (χ4n) is 2.90. The van der Waals surface area contributed by atoms with E-state index in [9.17, 15) is 0 Å². The molecule has 6 heteroatoms. The maximum Gasteiger partial charge on any atom is 0.193 e. The molecule has 24 heavy (non-hydrogen) atoms. The van der Waals surface area contributed by atoms with Crippen LogP contribution in [-0.4, -0.2) is 36.0 Å². The van der Waals surface area contributed by atoms with E-state index in [1.54, 1.807) is 11.3 Å². The first-order valence-electron chi connectivity index (χ1n) is 8.03. The fraction of sp³-hybridized carbons (Fsp3) is 0.444. The minimum absolute atomic E-state index is 0. The van der Waals surface area contributed by atoms with Crippen LogP contribution >= 0.6 is 35.3 Å². The maximum absolute atomic E-state index is 4.72. The molecule has 1 N–H and O–H groups in total. The summed E-state index contributed by atoms with van der Waals surface area (Å²) in [6.07, 6.45) is 1.21. The van der Waals surface area contributed by atoms with Gasteiger partial charge in [0.2, 0.25) is 0 Å². The number of guanidine groups is 1. The molecule has 0 spiro atoms. The number of nitrogens with zero attached hydrogens (tertiary/aromatic N) is 3. The molecule has 1 aromatic heterocycles. The molecule has 0 bridgehead atoms. The van der Waals surface area contributed by atoms with Gasteiger partial charge in [-0.2, -0.15) is 0 Å². The van der Waals surface area contributed by atoms with E-state index < -0.39 is 0 Å². The first kappa shape index (κ1) is 19.2. The van der Waals surface area contributed by atoms with Gasteiger partial charge in [0, 0.05) is 31.1 Å². The first-order chi connectivity index (χ1) is 11.1. The predicted octanol–water partition coefficient (Wildman–Crippen LogP) is 4.24. The van der Waals surface area contributed by atoms with Gasteiger partial charge in [-0.25, -0.2) is 4.98 Å². The molecule has 1 aliphatic heterocycles. The number of likely N-dealkylation sites (tertiary alicyclic amines) is 1. The Morgan fingerprint density at radius 2 is 2.08 bits per heavy atom. The summed E-state index contributed by atoms with van der Waals surface area (Å²) in [6, 6.07) is 10.3. The molecule has 0 saturated carbocycles. The lowest BCUT2D eigenvalue weighted by Gasteiger charge is -2.23. The highest BCUT2D eigenvalue weighted by Gasteiger charge is 2.30. The van der Waals surface area contributed by atoms with Crippen LogP contribution in [0.5, 0.6) is 0 Å². The van der Waals surface area contributed by atoms with Crippen LogP contribution in [0.15, 0.2) is 40.7 Å². The van der Waals surface area contributed by atoms with Crippen LogP contribution in [0.25, 0.3) is 10.6 Å². The summed E-state index contributed by atoms with van der Waals surface area (Å²) in [5, 5.41) is 6.64. The second-order valence-electron chi connectivity index (χ2n) is 6.75. The summed E-state index contributed by atoms with van der Waals surface area (Å²) in [5.74, 6) is 0.977. The molecule has 3 rings (SSSR count). The Hall–Kier alpha value is -1.15. The molecule has 0 amide bonds. The first-order valence-corrected chi connectivity index (χ1v) is 8.91. The Morgan fingerprint density at radius 3 is 2.71 bits per heavy atom. The molecule has 0 unspecified atom stereocenters. The zero-order chi connectivity index (χ0) is 16.3. The average molecular weight is 456 g/mol. The number of benzene rings is 1. The van der Waals surface area contributed by atoms with Crippen molar-refractivity contribution in [2.24, 2.45) is 10.4 Å². The Labute approximate surface area is 165 Å². The molecule has 0 aliphatic carbocycles. The lowest BCUT2D eigenvalue weighted by molar-refractivity contribution is 0.370. The third kappa shape index (κ3) is 4.69. The third-order valence-electron chi connectivity index (χ3n) is 4.19. The van der Waals surface area contributed by atoms with E-state index in [1.165, 1.54) is 12.0 Å². The molecule has 2 aromatic rings. The number of thiazole rings is 1. The van der Waals surface area contributed by atoms with Crippen molar-refractivity contribution in [1.82, 2.24) is 15.2 Å². The van der Waals surface area contributed by atoms with Crippen LogP contribution in [0.1, 0.15) is 26.0 Å². The zero-order valence-electron chi connectivity index (χ0n) is 14.5. The molecular formula is C18H25IN4S. The van der Waals surface area contributed by atoms with Crippen molar-refractivity contribution < 1.29 is 0 Å². The Morgan fingerprint density at radius 1 is 1.33 bits per heavy atom. The van der Waals surface area contributed by atoms with Gasteiger partial charge >= 0.3 is 0 Å². The zero-order valence-corrected chi connectivity index (χ0v) is 17.6. The summed E-state index contributed by atoms with van der Waals surface area (Å²) in [4.78, 5) is 11.5. The summed E-state index contributed by atoms with van der Waals surface area (Å²) in [5.41, 5.74) is 2.61. The van der Waals surface area contributed by atoms with Gasteiger partial charge in [0.25, 0.3) is 0 Å². The van der Waals surface area contributed by atoms with E-state index in [0.29, 0.717) is 12.0 Å². The number of nitrogens with one attached hydrogen (secondary N) is 1. The van der Waals surface area contributed by atoms with Gasteiger partial charge in [-0.1, -0.05) is 44.2 Å². The van der Waals surface area contributed by atoms with Gasteiger partial charge in [-0.3, -0.25) is 4.99 Å². The molecule has 1 aromatic carbocycles. The van der Waals surface area contributed by atoms with Gasteiger partial charge in [-0.15, -0.1) is 35.3 Å². The Kier molecular flexibility index (Phi) is 6.62. The van der Waals surface area contributed by atoms with Crippen LogP contribution in [0, 0.1) is 5.41 Å². The van der Waals surface area contributed by atoms with Gasteiger partial charge < -0.3 is 10.2 Å². The molecule has 0 atom stereocenters. The predicted molar refractivity (Wildman–Crippen MR) is 113 cm³/mol. The third-order valence-corrected chi connectivity index (χ3v) is 5.13. The maximum atomic E-state index is 4.72. The highest BCUT2D eigenvalue weighted by molar-refractivity contribution is 14.0. The second kappa shape index (κ2) is 8.29. The van der Waals surface area contributed by atoms with Crippen molar-refractivity contribution in [2.75, 3.05) is 20.1 Å². The average Bonchev–Trinajstić information content (AvgIpc) is 3.16. The van der Waals surface area contributed by atoms with Crippen LogP contribution in [0.4, 0.5) is 0 Å². The van der Waals surface area contributed by atoms with Crippen molar-refractivity contribution in [3.05, 3.63) is 41.4 Å². The van der Waals surface area contributed by atoms with Gasteiger partial charge in [0.1, 0.15) is 5.01 Å². The number of rotatable bonds is 3. The van der Waals surface area contributed by atoms with Crippen molar-refractivity contribution >= 4 is 41.3 Å². The highest BCUT2D eigenvalue weighted by Crippen LogP contribution is 2.28. The van der Waals surface area contributed by atoms with Gasteiger partial charge in [-0.05, 0) is 11.8 Å². The van der Waals surface area contributed by atoms with E-state index in [-0.39, 0.29) is 24.0 Å². The van der Waals surface area contributed by atoms with E-state index in [2.05, 4.69) is 46.6 Å². The number of aromatic nitrogens is 1. The summed E-state index contributed by atoms with van der Waals surface area (Å²) in [7, 11) is 1.85. The minimum atomic E-state index is 0. The fourth-order valence-corrected chi connectivity index (χ4v) is 3.72. The molecule has 1 saturated heterocycles. The monoisotopic (exact) mass is 456 g/mol. The number of hydrogen-bond acceptors (Lipinski definition) is 3. The lowest BCUT2D eigenvalue weighted by atomic mass is 9.93. The number of hydrogen-bond donors (Lipinski definition) is 1. The van der Waals surface area contributed by atoms with Crippen molar-refractivity contribution in [2.45, 2.75) is 26.8 Å². The van der Waals surface area contributed by atoms with Crippen LogP contribution in [0.2, 0.25) is 0 Å². The lowest BCUT2D eigenvalue weighted by Crippen LogP contribution is -2.40. The Bertz CT molecular complexity index is 681. The standard InChI is InChI=1S/C18H24N4S.HI/c1-18(2)9-10-22(13-18)17(19-3)20-11-15-12-23-16(21-15)14-7-5-4-6-8-14;/h4-8,12H,9-11,13H2,1-3H3,(H,19,20);1H. The molecule has 0 radical (unpaired) electrons. The summed E-state index contributed by atoms with van der Waals surface area (Å²) >= 11 is 1.69. The number of aliphatic imine (C=N–C) groups is 1. The topological polar surface area (TPSA) is 40.5 Å². The van der Waals surface area contributed by atoms with Crippen molar-refractivity contribution in [3.8, 4) is 10.6 Å². The van der Waals surface area contributed by atoms with E-state index >= 15 is 0 Å². The van der Waals surface area contributed by atoms with E-state index in [0.717, 1.165) is 29.8 Å². The van der Waals surface area contributed by atoms with Crippen molar-refractivity contribution in [1.29, 1.82) is 0 Å². The smallest absolute Gasteiger partial charge is 0.193 e. The van der Waals surface area contributed by atoms with E-state index in [4.69, 9.17) is 4.98 Å². The molecule has 1 aliphatic rings. The molecule has 2 heterocycles. The molecule has 4 nitrogen and oxygen atoms in total. The van der Waals surface area contributed by atoms with E-state index in [1.807, 2.05) is 25.2 Å². The van der Waals surface area contributed by atoms with Gasteiger partial charge in [0.15, 0.2) is 5.96 Å². The number of halogens is 1. The quantitative estimate of drug-likeness (QED) is 0.427. The minimum Gasteiger partial charge on any atom is -0.351 e. The molecule has 130 valence electrons. The molecular weight excluding hydrogens is 431 g/mol. The summed E-state index contributed by atoms with van der Waals surface area (Å²) in [6.45, 7) is 7.46. The van der Waals surface area contributed by atoms with Crippen LogP contribution in [-0.2, 0) is 6.54 Å². The van der Waals surface area contributed by atoms with Gasteiger partial charge in [0.05, 0.1) is 12.2 Å². The summed E-state index contributed by atoms with van der Waals surface area (Å²) < 4.78 is 0. The van der Waals surface area contributed by atoms with Crippen molar-refractivity contribution in [3.63, 3.8) is 0 Å².